The maximum atomic E-state index is 14.1. The van der Waals surface area contributed by atoms with E-state index in [0.717, 1.165) is 12.8 Å². The van der Waals surface area contributed by atoms with E-state index in [9.17, 15) is 39.6 Å². The van der Waals surface area contributed by atoms with E-state index in [1.54, 1.807) is 19.0 Å². The third kappa shape index (κ3) is 4.40. The number of carbonyl (C=O) groups is 4. The van der Waals surface area contributed by atoms with E-state index in [4.69, 9.17) is 5.73 Å². The molecule has 0 radical (unpaired) electrons. The van der Waals surface area contributed by atoms with Crippen LogP contribution in [0.4, 0.5) is 5.69 Å². The summed E-state index contributed by atoms with van der Waals surface area (Å²) in [6.45, 7) is 0. The van der Waals surface area contributed by atoms with Gasteiger partial charge in [-0.1, -0.05) is 12.8 Å². The van der Waals surface area contributed by atoms with Crippen molar-refractivity contribution in [1.29, 1.82) is 0 Å². The number of hydrogen-bond donors (Lipinski definition) is 5. The van der Waals surface area contributed by atoms with E-state index in [2.05, 4.69) is 0 Å². The van der Waals surface area contributed by atoms with Crippen molar-refractivity contribution in [2.75, 3.05) is 33.1 Å². The number of carbonyl (C=O) groups excluding carboxylic acids is 4. The van der Waals surface area contributed by atoms with Gasteiger partial charge in [0.05, 0.1) is 23.2 Å². The van der Waals surface area contributed by atoms with Crippen LogP contribution in [0.2, 0.25) is 0 Å². The summed E-state index contributed by atoms with van der Waals surface area (Å²) >= 11 is 0. The van der Waals surface area contributed by atoms with Crippen molar-refractivity contribution in [3.63, 3.8) is 0 Å². The zero-order valence-electron chi connectivity index (χ0n) is 24.1. The molecule has 4 aliphatic carbocycles. The Morgan fingerprint density at radius 1 is 1.07 bits per heavy atom. The van der Waals surface area contributed by atoms with Gasteiger partial charge in [0.2, 0.25) is 5.91 Å². The number of aliphatic hydroxyl groups is 3. The van der Waals surface area contributed by atoms with Gasteiger partial charge >= 0.3 is 0 Å². The Balaban J connectivity index is 1.59. The summed E-state index contributed by atoms with van der Waals surface area (Å²) in [6, 6.07) is 0.886. The molecule has 1 amide bonds. The van der Waals surface area contributed by atoms with Gasteiger partial charge in [0.15, 0.2) is 23.0 Å². The Morgan fingerprint density at radius 2 is 1.71 bits per heavy atom. The number of phenolic OH excluding ortho intramolecular Hbond substituents is 1. The number of hydrogen-bond acceptors (Lipinski definition) is 10. The average Bonchev–Trinajstić information content (AvgIpc) is 3.31. The number of aromatic hydroxyl groups is 1. The quantitative estimate of drug-likeness (QED) is 0.291. The lowest BCUT2D eigenvalue weighted by Gasteiger charge is -2.55. The number of anilines is 1. The number of nitrogens with zero attached hydrogens (tertiary/aromatic N) is 2. The van der Waals surface area contributed by atoms with Gasteiger partial charge in [0, 0.05) is 31.7 Å². The minimum atomic E-state index is -2.69. The summed E-state index contributed by atoms with van der Waals surface area (Å²) in [5.41, 5.74) is 3.71. The van der Waals surface area contributed by atoms with Crippen LogP contribution in [-0.2, 0) is 27.2 Å². The van der Waals surface area contributed by atoms with Crippen molar-refractivity contribution in [3.05, 3.63) is 22.8 Å². The predicted molar refractivity (Wildman–Crippen MR) is 148 cm³/mol. The van der Waals surface area contributed by atoms with E-state index < -0.39 is 70.3 Å². The first-order valence-electron chi connectivity index (χ1n) is 14.4. The van der Waals surface area contributed by atoms with Crippen LogP contribution in [0.1, 0.15) is 60.0 Å². The van der Waals surface area contributed by atoms with Gasteiger partial charge in [0.25, 0.3) is 0 Å². The molecule has 0 saturated heterocycles. The summed E-state index contributed by atoms with van der Waals surface area (Å²) < 4.78 is 0. The molecule has 0 aromatic heterocycles. The van der Waals surface area contributed by atoms with E-state index in [1.165, 1.54) is 0 Å². The molecule has 11 heteroatoms. The number of nitrogens with two attached hydrogens (primary N) is 1. The molecule has 0 bridgehead atoms. The zero-order chi connectivity index (χ0) is 30.2. The highest BCUT2D eigenvalue weighted by Crippen LogP contribution is 2.53. The number of Topliss-reactive ketones (excluding diaryl/α,β-unsaturated/α-hetero) is 3. The van der Waals surface area contributed by atoms with E-state index in [-0.39, 0.29) is 24.2 Å². The van der Waals surface area contributed by atoms with Gasteiger partial charge in [-0.3, -0.25) is 19.2 Å². The molecule has 4 aliphatic rings. The van der Waals surface area contributed by atoms with Crippen molar-refractivity contribution in [3.8, 4) is 5.75 Å². The van der Waals surface area contributed by atoms with Gasteiger partial charge in [-0.25, -0.2) is 0 Å². The Kier molecular flexibility index (Phi) is 7.33. The second kappa shape index (κ2) is 10.1. The predicted octanol–water partition coefficient (Wildman–Crippen LogP) is -0.0375. The highest BCUT2D eigenvalue weighted by atomic mass is 16.3. The second-order valence-corrected chi connectivity index (χ2v) is 13.1. The standard InChI is InChI=1S/C30H41N3O8/c1-32(2)18-13-14(7-10-29(40)8-5-6-9-29)23(34)20-16(18)11-15-12-17-22(33(3)4)25(36)21(28(31)39)27(38)30(17,41)26(37)19(15)24(20)35/h13,15,17,19,21-22,25,34,36,40-41H,5-12H2,1-4H3,(H2,31,39)/t15-,17-,19?,21?,22-,25?,30-/m1/s1. The second-order valence-electron chi connectivity index (χ2n) is 13.1. The van der Waals surface area contributed by atoms with E-state index in [1.807, 2.05) is 25.1 Å². The van der Waals surface area contributed by atoms with E-state index in [0.29, 0.717) is 42.5 Å². The number of ketones is 3. The largest absolute Gasteiger partial charge is 0.507 e. The van der Waals surface area contributed by atoms with Crippen LogP contribution in [-0.4, -0.2) is 100 Å². The number of aliphatic hydroxyl groups excluding tert-OH is 1. The van der Waals surface area contributed by atoms with Crippen LogP contribution in [0.15, 0.2) is 6.07 Å². The summed E-state index contributed by atoms with van der Waals surface area (Å²) in [7, 11) is 6.88. The lowest BCUT2D eigenvalue weighted by molar-refractivity contribution is -0.190. The fourth-order valence-electron chi connectivity index (χ4n) is 8.16. The fourth-order valence-corrected chi connectivity index (χ4v) is 8.16. The lowest BCUT2D eigenvalue weighted by Crippen LogP contribution is -2.75. The molecule has 224 valence electrons. The van der Waals surface area contributed by atoms with Crippen molar-refractivity contribution >= 4 is 28.9 Å². The molecule has 0 aliphatic heterocycles. The van der Waals surface area contributed by atoms with Crippen LogP contribution in [0, 0.1) is 23.7 Å². The molecule has 0 heterocycles. The number of primary amides is 1. The van der Waals surface area contributed by atoms with Gasteiger partial charge in [-0.2, -0.15) is 0 Å². The third-order valence-electron chi connectivity index (χ3n) is 10.2. The molecule has 3 saturated carbocycles. The van der Waals surface area contributed by atoms with Crippen LogP contribution < -0.4 is 10.6 Å². The molecule has 3 unspecified atom stereocenters. The molecule has 11 nitrogen and oxygen atoms in total. The molecule has 1 aromatic rings. The van der Waals surface area contributed by atoms with Crippen LogP contribution in [0.25, 0.3) is 0 Å². The van der Waals surface area contributed by atoms with Crippen molar-refractivity contribution in [2.45, 2.75) is 74.7 Å². The molecule has 1 aromatic carbocycles. The Morgan fingerprint density at radius 3 is 2.27 bits per heavy atom. The maximum Gasteiger partial charge on any atom is 0.230 e. The number of fused-ring (bicyclic) bond motifs is 3. The van der Waals surface area contributed by atoms with Crippen LogP contribution in [0.5, 0.6) is 5.75 Å². The smallest absolute Gasteiger partial charge is 0.230 e. The van der Waals surface area contributed by atoms with Crippen LogP contribution >= 0.6 is 0 Å². The highest BCUT2D eigenvalue weighted by Gasteiger charge is 2.69. The zero-order valence-corrected chi connectivity index (χ0v) is 24.1. The number of benzene rings is 1. The summed E-state index contributed by atoms with van der Waals surface area (Å²) in [4.78, 5) is 57.3. The van der Waals surface area contributed by atoms with Crippen molar-refractivity contribution in [1.82, 2.24) is 4.90 Å². The molecule has 7 atom stereocenters. The Labute approximate surface area is 239 Å². The Bertz CT molecular complexity index is 1300. The first-order chi connectivity index (χ1) is 19.1. The number of likely N-dealkylation sites (N-methyl/N-ethyl adjacent to an activating group) is 1. The summed E-state index contributed by atoms with van der Waals surface area (Å²) in [6.07, 6.45) is 2.75. The molecular formula is C30H41N3O8. The third-order valence-corrected chi connectivity index (χ3v) is 10.2. The van der Waals surface area contributed by atoms with Crippen molar-refractivity contribution in [2.24, 2.45) is 29.4 Å². The first kappa shape index (κ1) is 29.6. The topological polar surface area (TPSA) is 182 Å². The average molecular weight is 572 g/mol. The number of phenols is 1. The summed E-state index contributed by atoms with van der Waals surface area (Å²) in [5, 5.41) is 45.1. The SMILES string of the molecule is CN(C)c1cc(CCC2(O)CCCC2)c(O)c2c1C[C@@H]1C[C@@H]3[C@@H](N(C)C)C(O)C(C(N)=O)C(=O)[C@]3(O)C(=O)C1C2=O. The maximum absolute atomic E-state index is 14.1. The minimum Gasteiger partial charge on any atom is -0.507 e. The number of rotatable bonds is 6. The first-order valence-corrected chi connectivity index (χ1v) is 14.4. The normalized spacial score (nSPS) is 34.3. The molecule has 0 spiro atoms. The molecule has 41 heavy (non-hydrogen) atoms. The summed E-state index contributed by atoms with van der Waals surface area (Å²) in [5.74, 6) is -9.15. The van der Waals surface area contributed by atoms with E-state index >= 15 is 0 Å². The van der Waals surface area contributed by atoms with Crippen molar-refractivity contribution < 1.29 is 39.6 Å². The monoisotopic (exact) mass is 571 g/mol. The molecule has 6 N–H and O–H groups in total. The van der Waals surface area contributed by atoms with Crippen LogP contribution in [0.3, 0.4) is 0 Å². The molecule has 3 fully saturated rings. The fraction of sp³-hybridized carbons (Fsp3) is 0.667. The number of amides is 1. The molecular weight excluding hydrogens is 530 g/mol. The Hall–Kier alpha value is -2.86. The molecule has 5 rings (SSSR count). The number of aryl methyl sites for hydroxylation is 1. The highest BCUT2D eigenvalue weighted by molar-refractivity contribution is 6.25. The minimum absolute atomic E-state index is 0.000153. The van der Waals surface area contributed by atoms with Gasteiger partial charge in [0.1, 0.15) is 11.7 Å². The van der Waals surface area contributed by atoms with Gasteiger partial charge in [-0.05, 0) is 75.7 Å². The van der Waals surface area contributed by atoms with Gasteiger partial charge < -0.3 is 36.0 Å². The van der Waals surface area contributed by atoms with Gasteiger partial charge in [-0.15, -0.1) is 0 Å². The lowest BCUT2D eigenvalue weighted by atomic mass is 9.52.